The summed E-state index contributed by atoms with van der Waals surface area (Å²) in [5.74, 6) is 2.06. The van der Waals surface area contributed by atoms with Crippen molar-refractivity contribution in [2.75, 3.05) is 42.2 Å². The number of aryl methyl sites for hydroxylation is 1. The van der Waals surface area contributed by atoms with Crippen LogP contribution in [0, 0.1) is 12.3 Å². The van der Waals surface area contributed by atoms with Crippen LogP contribution < -0.4 is 26.5 Å². The van der Waals surface area contributed by atoms with Crippen LogP contribution >= 0.6 is 0 Å². The number of anilines is 4. The Morgan fingerprint density at radius 1 is 1.18 bits per heavy atom. The Balaban J connectivity index is 1.65. The topological polar surface area (TPSA) is 140 Å². The minimum atomic E-state index is -0.346. The van der Waals surface area contributed by atoms with Crippen LogP contribution in [0.25, 0.3) is 11.4 Å². The largest absolute Gasteiger partial charge is 0.350 e. The van der Waals surface area contributed by atoms with E-state index in [1.807, 2.05) is 37.1 Å². The number of nitrogens with one attached hydrogen (secondary N) is 5. The highest BCUT2D eigenvalue weighted by Gasteiger charge is 2.20. The molecule has 5 N–H and O–H groups in total. The van der Waals surface area contributed by atoms with E-state index < -0.39 is 0 Å². The fraction of sp³-hybridized carbons (Fsp3) is 0.500. The van der Waals surface area contributed by atoms with Crippen molar-refractivity contribution in [2.45, 2.75) is 40.2 Å². The number of benzene rings is 1. The van der Waals surface area contributed by atoms with Crippen molar-refractivity contribution in [1.82, 2.24) is 35.5 Å². The van der Waals surface area contributed by atoms with Gasteiger partial charge in [0.1, 0.15) is 0 Å². The Bertz CT molecular complexity index is 1160. The molecule has 11 nitrogen and oxygen atoms in total. The standard InChI is InChI=1S/C22H32N10O/c1-13-6-7-14(17-26-21(33)31-30-17)10-16(13)25-19-27-18(24-15-8-9-23-11-15)28-20(29-19)32(5)12-22(2,3)4/h6-7,10,15,23H,8-9,11-12H2,1-5H3,(H2,26,30,31,33)(H2,24,25,27,28,29)/t15-/m1/s1. The Morgan fingerprint density at radius 2 is 1.97 bits per heavy atom. The fourth-order valence-electron chi connectivity index (χ4n) is 3.83. The van der Waals surface area contributed by atoms with Gasteiger partial charge in [0.05, 0.1) is 0 Å². The predicted octanol–water partition coefficient (Wildman–Crippen LogP) is 2.26. The smallest absolute Gasteiger partial charge is 0.340 e. The minimum absolute atomic E-state index is 0.0866. The van der Waals surface area contributed by atoms with Gasteiger partial charge in [-0.2, -0.15) is 20.1 Å². The van der Waals surface area contributed by atoms with Crippen molar-refractivity contribution in [3.05, 3.63) is 34.2 Å². The number of hydrogen-bond donors (Lipinski definition) is 5. The zero-order chi connectivity index (χ0) is 23.6. The highest BCUT2D eigenvalue weighted by molar-refractivity contribution is 5.68. The molecule has 0 aliphatic carbocycles. The van der Waals surface area contributed by atoms with Crippen LogP contribution in [0.4, 0.5) is 23.5 Å². The molecular weight excluding hydrogens is 420 g/mol. The van der Waals surface area contributed by atoms with Gasteiger partial charge < -0.3 is 20.9 Å². The Hall–Kier alpha value is -3.47. The van der Waals surface area contributed by atoms with Crippen molar-refractivity contribution in [1.29, 1.82) is 0 Å². The Labute approximate surface area is 192 Å². The van der Waals surface area contributed by atoms with Crippen molar-refractivity contribution in [2.24, 2.45) is 5.41 Å². The molecule has 3 heterocycles. The second-order valence-corrected chi connectivity index (χ2v) is 9.71. The van der Waals surface area contributed by atoms with Crippen molar-refractivity contribution < 1.29 is 0 Å². The van der Waals surface area contributed by atoms with E-state index in [0.717, 1.165) is 42.9 Å². The van der Waals surface area contributed by atoms with E-state index in [1.54, 1.807) is 0 Å². The molecule has 1 aliphatic heterocycles. The Kier molecular flexibility index (Phi) is 6.32. The average Bonchev–Trinajstić information content (AvgIpc) is 3.40. The molecule has 33 heavy (non-hydrogen) atoms. The number of rotatable bonds is 7. The van der Waals surface area contributed by atoms with Crippen molar-refractivity contribution in [3.8, 4) is 11.4 Å². The summed E-state index contributed by atoms with van der Waals surface area (Å²) >= 11 is 0. The summed E-state index contributed by atoms with van der Waals surface area (Å²) in [5, 5.41) is 16.5. The molecule has 0 radical (unpaired) electrons. The van der Waals surface area contributed by atoms with Gasteiger partial charge in [-0.25, -0.2) is 9.89 Å². The van der Waals surface area contributed by atoms with Crippen LogP contribution in [0.2, 0.25) is 0 Å². The fourth-order valence-corrected chi connectivity index (χ4v) is 3.83. The molecule has 2 aromatic heterocycles. The summed E-state index contributed by atoms with van der Waals surface area (Å²) in [4.78, 5) is 30.2. The van der Waals surface area contributed by atoms with E-state index in [4.69, 9.17) is 4.98 Å². The first-order valence-corrected chi connectivity index (χ1v) is 11.1. The average molecular weight is 453 g/mol. The molecule has 1 aliphatic rings. The van der Waals surface area contributed by atoms with Gasteiger partial charge in [-0.05, 0) is 36.9 Å². The molecule has 3 aromatic rings. The van der Waals surface area contributed by atoms with Crippen LogP contribution in [-0.2, 0) is 0 Å². The summed E-state index contributed by atoms with van der Waals surface area (Å²) in [6.45, 7) is 11.2. The van der Waals surface area contributed by atoms with Gasteiger partial charge in [0, 0.05) is 37.4 Å². The highest BCUT2D eigenvalue weighted by atomic mass is 16.1. The van der Waals surface area contributed by atoms with Crippen molar-refractivity contribution >= 4 is 23.5 Å². The van der Waals surface area contributed by atoms with Gasteiger partial charge in [0.15, 0.2) is 5.82 Å². The predicted molar refractivity (Wildman–Crippen MR) is 130 cm³/mol. The molecule has 11 heteroatoms. The first-order valence-electron chi connectivity index (χ1n) is 11.1. The van der Waals surface area contributed by atoms with E-state index in [1.165, 1.54) is 0 Å². The normalized spacial score (nSPS) is 16.1. The molecule has 0 saturated carbocycles. The molecular formula is C22H32N10O. The van der Waals surface area contributed by atoms with E-state index >= 15 is 0 Å². The molecule has 1 aromatic carbocycles. The van der Waals surface area contributed by atoms with E-state index in [-0.39, 0.29) is 17.1 Å². The summed E-state index contributed by atoms with van der Waals surface area (Å²) in [6.07, 6.45) is 1.02. The minimum Gasteiger partial charge on any atom is -0.350 e. The van der Waals surface area contributed by atoms with Gasteiger partial charge in [-0.1, -0.05) is 32.9 Å². The lowest BCUT2D eigenvalue weighted by Gasteiger charge is -2.27. The summed E-state index contributed by atoms with van der Waals surface area (Å²) in [7, 11) is 1.99. The first-order chi connectivity index (χ1) is 15.7. The number of aromatic nitrogens is 6. The monoisotopic (exact) mass is 452 g/mol. The second-order valence-electron chi connectivity index (χ2n) is 9.71. The van der Waals surface area contributed by atoms with E-state index in [0.29, 0.717) is 23.7 Å². The molecule has 1 saturated heterocycles. The SMILES string of the molecule is Cc1ccc(-c2n[nH]c(=O)[nH]2)cc1Nc1nc(N[C@@H]2CCNC2)nc(N(C)CC(C)(C)C)n1. The molecule has 0 unspecified atom stereocenters. The number of aromatic amines is 2. The highest BCUT2D eigenvalue weighted by Crippen LogP contribution is 2.26. The third-order valence-corrected chi connectivity index (χ3v) is 5.33. The van der Waals surface area contributed by atoms with Crippen LogP contribution in [0.1, 0.15) is 32.8 Å². The van der Waals surface area contributed by atoms with Gasteiger partial charge in [0.2, 0.25) is 17.8 Å². The third-order valence-electron chi connectivity index (χ3n) is 5.33. The zero-order valence-corrected chi connectivity index (χ0v) is 19.8. The molecule has 1 atom stereocenters. The first kappa shape index (κ1) is 22.7. The lowest BCUT2D eigenvalue weighted by atomic mass is 9.96. The summed E-state index contributed by atoms with van der Waals surface area (Å²) in [6, 6.07) is 6.06. The number of nitrogens with zero attached hydrogens (tertiary/aromatic N) is 5. The van der Waals surface area contributed by atoms with Gasteiger partial charge >= 0.3 is 5.69 Å². The van der Waals surface area contributed by atoms with Gasteiger partial charge in [-0.15, -0.1) is 0 Å². The third kappa shape index (κ3) is 5.86. The molecule has 4 rings (SSSR count). The van der Waals surface area contributed by atoms with Crippen LogP contribution in [0.5, 0.6) is 0 Å². The quantitative estimate of drug-likeness (QED) is 0.365. The van der Waals surface area contributed by atoms with Crippen LogP contribution in [-0.4, -0.2) is 62.9 Å². The van der Waals surface area contributed by atoms with Gasteiger partial charge in [-0.3, -0.25) is 4.98 Å². The zero-order valence-electron chi connectivity index (χ0n) is 19.8. The second kappa shape index (κ2) is 9.18. The molecule has 176 valence electrons. The maximum atomic E-state index is 11.5. The molecule has 1 fully saturated rings. The Morgan fingerprint density at radius 3 is 2.64 bits per heavy atom. The molecule has 0 bridgehead atoms. The number of hydrogen-bond acceptors (Lipinski definition) is 9. The lowest BCUT2D eigenvalue weighted by molar-refractivity contribution is 0.416. The summed E-state index contributed by atoms with van der Waals surface area (Å²) in [5.41, 5.74) is 2.34. The molecule has 0 amide bonds. The van der Waals surface area contributed by atoms with Gasteiger partial charge in [0.25, 0.3) is 0 Å². The lowest BCUT2D eigenvalue weighted by Crippen LogP contribution is -2.31. The molecule has 0 spiro atoms. The number of H-pyrrole nitrogens is 2. The van der Waals surface area contributed by atoms with Crippen LogP contribution in [0.15, 0.2) is 23.0 Å². The van der Waals surface area contributed by atoms with E-state index in [2.05, 4.69) is 61.9 Å². The van der Waals surface area contributed by atoms with Crippen LogP contribution in [0.3, 0.4) is 0 Å². The van der Waals surface area contributed by atoms with E-state index in [9.17, 15) is 4.79 Å². The maximum absolute atomic E-state index is 11.5. The summed E-state index contributed by atoms with van der Waals surface area (Å²) < 4.78 is 0. The van der Waals surface area contributed by atoms with Crippen molar-refractivity contribution in [3.63, 3.8) is 0 Å². The maximum Gasteiger partial charge on any atom is 0.340 e.